The van der Waals surface area contributed by atoms with Gasteiger partial charge in [-0.25, -0.2) is 0 Å². The van der Waals surface area contributed by atoms with E-state index in [0.717, 1.165) is 10.5 Å². The molecule has 0 unspecified atom stereocenters. The van der Waals surface area contributed by atoms with Crippen molar-refractivity contribution < 1.29 is 9.59 Å². The maximum absolute atomic E-state index is 13.3. The second-order valence-corrected chi connectivity index (χ2v) is 8.06. The van der Waals surface area contributed by atoms with E-state index in [4.69, 9.17) is 0 Å². The summed E-state index contributed by atoms with van der Waals surface area (Å²) < 4.78 is 0. The van der Waals surface area contributed by atoms with Gasteiger partial charge in [0.05, 0.1) is 11.3 Å². The van der Waals surface area contributed by atoms with E-state index in [1.54, 1.807) is 18.2 Å². The van der Waals surface area contributed by atoms with Crippen LogP contribution in [0.3, 0.4) is 0 Å². The third-order valence-corrected chi connectivity index (χ3v) is 5.45. The number of carbonyl (C=O) groups is 2. The highest BCUT2D eigenvalue weighted by atomic mass is 32.2. The minimum Gasteiger partial charge on any atom is -0.350 e. The molecule has 0 radical (unpaired) electrons. The molecule has 1 atom stereocenters. The van der Waals surface area contributed by atoms with Crippen LogP contribution in [-0.2, 0) is 4.79 Å². The molecule has 148 valence electrons. The smallest absolute Gasteiger partial charge is 0.253 e. The number of rotatable bonds is 7. The first kappa shape index (κ1) is 20.7. The number of nitrogens with one attached hydrogen (secondary N) is 2. The standard InChI is InChI=1S/C24H24N2O2S/c1-17(2)25-23(27)20-15-9-10-16-21(20)26-24(28)22(18-11-5-3-6-12-18)29-19-13-7-4-8-14-19/h3-17,22H,1-2H3,(H,25,27)(H,26,28)/t22-/m1/s1. The Morgan fingerprint density at radius 1 is 0.793 bits per heavy atom. The van der Waals surface area contributed by atoms with Crippen molar-refractivity contribution in [2.75, 3.05) is 5.32 Å². The molecule has 0 aliphatic carbocycles. The first-order chi connectivity index (χ1) is 14.0. The number of carbonyl (C=O) groups excluding carboxylic acids is 2. The van der Waals surface area contributed by atoms with Crippen molar-refractivity contribution in [1.29, 1.82) is 0 Å². The van der Waals surface area contributed by atoms with E-state index < -0.39 is 5.25 Å². The van der Waals surface area contributed by atoms with E-state index >= 15 is 0 Å². The van der Waals surface area contributed by atoms with Gasteiger partial charge in [-0.15, -0.1) is 11.8 Å². The van der Waals surface area contributed by atoms with Crippen molar-refractivity contribution >= 4 is 29.3 Å². The van der Waals surface area contributed by atoms with Crippen LogP contribution in [0.5, 0.6) is 0 Å². The van der Waals surface area contributed by atoms with Gasteiger partial charge >= 0.3 is 0 Å². The van der Waals surface area contributed by atoms with Crippen LogP contribution in [0.4, 0.5) is 5.69 Å². The molecule has 29 heavy (non-hydrogen) atoms. The predicted molar refractivity (Wildman–Crippen MR) is 119 cm³/mol. The number of hydrogen-bond donors (Lipinski definition) is 2. The van der Waals surface area contributed by atoms with Crippen LogP contribution in [-0.4, -0.2) is 17.9 Å². The molecule has 4 nitrogen and oxygen atoms in total. The molecule has 0 heterocycles. The second kappa shape index (κ2) is 9.94. The zero-order valence-electron chi connectivity index (χ0n) is 16.5. The number of para-hydroxylation sites is 1. The maximum atomic E-state index is 13.3. The second-order valence-electron chi connectivity index (χ2n) is 6.88. The molecule has 0 spiro atoms. The number of amides is 2. The van der Waals surface area contributed by atoms with E-state index in [-0.39, 0.29) is 17.9 Å². The van der Waals surface area contributed by atoms with Crippen LogP contribution in [0.25, 0.3) is 0 Å². The highest BCUT2D eigenvalue weighted by Gasteiger charge is 2.23. The first-order valence-electron chi connectivity index (χ1n) is 9.52. The molecule has 3 rings (SSSR count). The molecule has 0 aromatic heterocycles. The van der Waals surface area contributed by atoms with Gasteiger partial charge in [-0.05, 0) is 43.7 Å². The number of benzene rings is 3. The Morgan fingerprint density at radius 2 is 1.38 bits per heavy atom. The van der Waals surface area contributed by atoms with Crippen LogP contribution in [0.2, 0.25) is 0 Å². The quantitative estimate of drug-likeness (QED) is 0.526. The fourth-order valence-electron chi connectivity index (χ4n) is 2.86. The van der Waals surface area contributed by atoms with Crippen molar-refractivity contribution in [3.63, 3.8) is 0 Å². The normalized spacial score (nSPS) is 11.7. The zero-order valence-corrected chi connectivity index (χ0v) is 17.3. The van der Waals surface area contributed by atoms with Gasteiger partial charge < -0.3 is 10.6 Å². The fraction of sp³-hybridized carbons (Fsp3) is 0.167. The lowest BCUT2D eigenvalue weighted by Crippen LogP contribution is -2.31. The Morgan fingerprint density at radius 3 is 2.03 bits per heavy atom. The van der Waals surface area contributed by atoms with Crippen molar-refractivity contribution in [1.82, 2.24) is 5.32 Å². The monoisotopic (exact) mass is 404 g/mol. The highest BCUT2D eigenvalue weighted by Crippen LogP contribution is 2.36. The molecule has 3 aromatic carbocycles. The molecule has 0 bridgehead atoms. The van der Waals surface area contributed by atoms with Crippen LogP contribution >= 0.6 is 11.8 Å². The summed E-state index contributed by atoms with van der Waals surface area (Å²) in [5.74, 6) is -0.377. The minimum atomic E-state index is -0.445. The van der Waals surface area contributed by atoms with Crippen LogP contribution < -0.4 is 10.6 Å². The SMILES string of the molecule is CC(C)NC(=O)c1ccccc1NC(=O)[C@H](Sc1ccccc1)c1ccccc1. The van der Waals surface area contributed by atoms with E-state index in [9.17, 15) is 9.59 Å². The Labute approximate surface area is 175 Å². The van der Waals surface area contributed by atoms with Gasteiger partial charge in [0, 0.05) is 10.9 Å². The molecule has 3 aromatic rings. The molecular formula is C24H24N2O2S. The summed E-state index contributed by atoms with van der Waals surface area (Å²) in [7, 11) is 0. The Balaban J connectivity index is 1.87. The Bertz CT molecular complexity index is 959. The van der Waals surface area contributed by atoms with Crippen LogP contribution in [0, 0.1) is 0 Å². The topological polar surface area (TPSA) is 58.2 Å². The third kappa shape index (κ3) is 5.72. The molecule has 0 aliphatic rings. The van der Waals surface area contributed by atoms with Crippen molar-refractivity contribution in [2.24, 2.45) is 0 Å². The summed E-state index contributed by atoms with van der Waals surface area (Å²) in [4.78, 5) is 26.8. The first-order valence-corrected chi connectivity index (χ1v) is 10.4. The largest absolute Gasteiger partial charge is 0.350 e. The van der Waals surface area contributed by atoms with Gasteiger partial charge in [-0.3, -0.25) is 9.59 Å². The fourth-order valence-corrected chi connectivity index (χ4v) is 3.91. The number of anilines is 1. The van der Waals surface area contributed by atoms with Crippen molar-refractivity contribution in [3.05, 3.63) is 96.1 Å². The molecule has 0 fully saturated rings. The zero-order chi connectivity index (χ0) is 20.6. The lowest BCUT2D eigenvalue weighted by atomic mass is 10.1. The Kier molecular flexibility index (Phi) is 7.09. The molecule has 0 saturated carbocycles. The number of hydrogen-bond acceptors (Lipinski definition) is 3. The maximum Gasteiger partial charge on any atom is 0.253 e. The highest BCUT2D eigenvalue weighted by molar-refractivity contribution is 8.00. The van der Waals surface area contributed by atoms with E-state index in [1.807, 2.05) is 80.6 Å². The molecule has 2 N–H and O–H groups in total. The molecule has 2 amide bonds. The van der Waals surface area contributed by atoms with Gasteiger partial charge in [0.1, 0.15) is 5.25 Å². The third-order valence-electron chi connectivity index (χ3n) is 4.19. The van der Waals surface area contributed by atoms with E-state index in [0.29, 0.717) is 11.3 Å². The van der Waals surface area contributed by atoms with E-state index in [1.165, 1.54) is 11.8 Å². The van der Waals surface area contributed by atoms with Gasteiger partial charge in [-0.1, -0.05) is 60.7 Å². The van der Waals surface area contributed by atoms with Gasteiger partial charge in [0.2, 0.25) is 5.91 Å². The molecule has 0 aliphatic heterocycles. The lowest BCUT2D eigenvalue weighted by Gasteiger charge is -2.19. The molecule has 5 heteroatoms. The molecule has 0 saturated heterocycles. The summed E-state index contributed by atoms with van der Waals surface area (Å²) in [6, 6.07) is 26.6. The molecular weight excluding hydrogens is 380 g/mol. The summed E-state index contributed by atoms with van der Waals surface area (Å²) in [6.45, 7) is 3.81. The average Bonchev–Trinajstić information content (AvgIpc) is 2.73. The van der Waals surface area contributed by atoms with Gasteiger partial charge in [0.25, 0.3) is 5.91 Å². The van der Waals surface area contributed by atoms with Crippen LogP contribution in [0.1, 0.15) is 35.0 Å². The lowest BCUT2D eigenvalue weighted by molar-refractivity contribution is -0.115. The summed E-state index contributed by atoms with van der Waals surface area (Å²) in [5.41, 5.74) is 1.86. The predicted octanol–water partition coefficient (Wildman–Crippen LogP) is 5.30. The van der Waals surface area contributed by atoms with Crippen molar-refractivity contribution in [3.8, 4) is 0 Å². The van der Waals surface area contributed by atoms with Crippen LogP contribution in [0.15, 0.2) is 89.8 Å². The summed E-state index contributed by atoms with van der Waals surface area (Å²) in [5, 5.41) is 5.40. The van der Waals surface area contributed by atoms with Gasteiger partial charge in [0.15, 0.2) is 0 Å². The van der Waals surface area contributed by atoms with Gasteiger partial charge in [-0.2, -0.15) is 0 Å². The average molecular weight is 405 g/mol. The number of thioether (sulfide) groups is 1. The minimum absolute atomic E-state index is 0.0111. The summed E-state index contributed by atoms with van der Waals surface area (Å²) >= 11 is 1.48. The van der Waals surface area contributed by atoms with E-state index in [2.05, 4.69) is 10.6 Å². The summed E-state index contributed by atoms with van der Waals surface area (Å²) in [6.07, 6.45) is 0. The van der Waals surface area contributed by atoms with Crippen molar-refractivity contribution in [2.45, 2.75) is 30.0 Å². The Hall–Kier alpha value is -3.05.